The maximum atomic E-state index is 12.6. The van der Waals surface area contributed by atoms with Crippen LogP contribution < -0.4 is 14.8 Å². The standard InChI is InChI=1S/C19H29N3O3/c1-21-10-5-7-15-13-22(11-9-16(15)21)19(23)20-12-14-6-4-8-17(24-2)18(14)25-3/h4,6,8,15-16H,5,7,9-13H2,1-3H3,(H,20,23). The van der Waals surface area contributed by atoms with E-state index in [1.165, 1.54) is 19.4 Å². The van der Waals surface area contributed by atoms with Gasteiger partial charge in [0.15, 0.2) is 11.5 Å². The predicted molar refractivity (Wildman–Crippen MR) is 97.1 cm³/mol. The van der Waals surface area contributed by atoms with E-state index in [-0.39, 0.29) is 6.03 Å². The fourth-order valence-electron chi connectivity index (χ4n) is 4.21. The Hall–Kier alpha value is -1.95. The van der Waals surface area contributed by atoms with E-state index in [4.69, 9.17) is 9.47 Å². The van der Waals surface area contributed by atoms with Gasteiger partial charge in [0.25, 0.3) is 0 Å². The average molecular weight is 347 g/mol. The Labute approximate surface area is 150 Å². The third-order valence-corrected chi connectivity index (χ3v) is 5.55. The minimum atomic E-state index is 0.0107. The zero-order valence-corrected chi connectivity index (χ0v) is 15.5. The van der Waals surface area contributed by atoms with Crippen molar-refractivity contribution in [3.05, 3.63) is 23.8 Å². The maximum Gasteiger partial charge on any atom is 0.317 e. The zero-order chi connectivity index (χ0) is 17.8. The van der Waals surface area contributed by atoms with Crippen molar-refractivity contribution < 1.29 is 14.3 Å². The maximum absolute atomic E-state index is 12.6. The van der Waals surface area contributed by atoms with Gasteiger partial charge in [-0.2, -0.15) is 0 Å². The number of carbonyl (C=O) groups is 1. The summed E-state index contributed by atoms with van der Waals surface area (Å²) in [5, 5.41) is 3.04. The molecule has 1 N–H and O–H groups in total. The zero-order valence-electron chi connectivity index (χ0n) is 15.5. The smallest absolute Gasteiger partial charge is 0.317 e. The van der Waals surface area contributed by atoms with Gasteiger partial charge in [0.1, 0.15) is 0 Å². The number of likely N-dealkylation sites (tertiary alicyclic amines) is 2. The van der Waals surface area contributed by atoms with E-state index >= 15 is 0 Å². The summed E-state index contributed by atoms with van der Waals surface area (Å²) < 4.78 is 10.7. The highest BCUT2D eigenvalue weighted by Crippen LogP contribution is 2.31. The molecule has 2 atom stereocenters. The van der Waals surface area contributed by atoms with Gasteiger partial charge in [0.2, 0.25) is 0 Å². The number of para-hydroxylation sites is 1. The number of ether oxygens (including phenoxy) is 2. The SMILES string of the molecule is COc1cccc(CNC(=O)N2CCC3C(CCCN3C)C2)c1OC. The van der Waals surface area contributed by atoms with E-state index in [1.807, 2.05) is 23.1 Å². The van der Waals surface area contributed by atoms with E-state index in [0.29, 0.717) is 30.0 Å². The Morgan fingerprint density at radius 1 is 1.24 bits per heavy atom. The summed E-state index contributed by atoms with van der Waals surface area (Å²) in [6.07, 6.45) is 3.52. The molecule has 138 valence electrons. The molecule has 2 aliphatic rings. The van der Waals surface area contributed by atoms with Crippen LogP contribution in [0.2, 0.25) is 0 Å². The van der Waals surface area contributed by atoms with Crippen molar-refractivity contribution in [2.45, 2.75) is 31.8 Å². The van der Waals surface area contributed by atoms with Gasteiger partial charge >= 0.3 is 6.03 Å². The number of rotatable bonds is 4. The van der Waals surface area contributed by atoms with Crippen molar-refractivity contribution >= 4 is 6.03 Å². The molecular weight excluding hydrogens is 318 g/mol. The molecule has 2 heterocycles. The third-order valence-electron chi connectivity index (χ3n) is 5.55. The Bertz CT molecular complexity index is 608. The first-order chi connectivity index (χ1) is 12.1. The Kier molecular flexibility index (Phi) is 5.68. The monoisotopic (exact) mass is 347 g/mol. The fraction of sp³-hybridized carbons (Fsp3) is 0.632. The van der Waals surface area contributed by atoms with E-state index in [9.17, 15) is 4.79 Å². The number of amides is 2. The first-order valence-electron chi connectivity index (χ1n) is 9.07. The summed E-state index contributed by atoms with van der Waals surface area (Å²) >= 11 is 0. The number of hydrogen-bond acceptors (Lipinski definition) is 4. The van der Waals surface area contributed by atoms with Crippen molar-refractivity contribution in [3.63, 3.8) is 0 Å². The highest BCUT2D eigenvalue weighted by Gasteiger charge is 2.35. The molecule has 0 aromatic heterocycles. The molecule has 6 nitrogen and oxygen atoms in total. The Balaban J connectivity index is 1.58. The second-order valence-corrected chi connectivity index (χ2v) is 7.00. The largest absolute Gasteiger partial charge is 0.493 e. The Morgan fingerprint density at radius 2 is 2.08 bits per heavy atom. The molecule has 1 aromatic rings. The highest BCUT2D eigenvalue weighted by molar-refractivity contribution is 5.74. The summed E-state index contributed by atoms with van der Waals surface area (Å²) in [6.45, 7) is 3.30. The second kappa shape index (κ2) is 7.95. The molecule has 6 heteroatoms. The van der Waals surface area contributed by atoms with Crippen LogP contribution in [0.25, 0.3) is 0 Å². The van der Waals surface area contributed by atoms with Crippen molar-refractivity contribution in [2.75, 3.05) is 40.9 Å². The Morgan fingerprint density at radius 3 is 2.84 bits per heavy atom. The van der Waals surface area contributed by atoms with Crippen LogP contribution in [0, 0.1) is 5.92 Å². The summed E-state index contributed by atoms with van der Waals surface area (Å²) in [6, 6.07) is 6.36. The molecule has 2 fully saturated rings. The molecule has 0 radical (unpaired) electrons. The van der Waals surface area contributed by atoms with Crippen molar-refractivity contribution in [2.24, 2.45) is 5.92 Å². The van der Waals surface area contributed by atoms with Crippen molar-refractivity contribution in [3.8, 4) is 11.5 Å². The van der Waals surface area contributed by atoms with Crippen LogP contribution in [0.1, 0.15) is 24.8 Å². The molecule has 2 aliphatic heterocycles. The van der Waals surface area contributed by atoms with Crippen LogP contribution in [0.5, 0.6) is 11.5 Å². The summed E-state index contributed by atoms with van der Waals surface area (Å²) in [5.41, 5.74) is 0.919. The van der Waals surface area contributed by atoms with Gasteiger partial charge < -0.3 is 24.6 Å². The summed E-state index contributed by atoms with van der Waals surface area (Å²) in [5.74, 6) is 1.96. The van der Waals surface area contributed by atoms with Gasteiger partial charge in [-0.15, -0.1) is 0 Å². The molecule has 2 unspecified atom stereocenters. The number of fused-ring (bicyclic) bond motifs is 1. The minimum absolute atomic E-state index is 0.0107. The molecule has 0 spiro atoms. The van der Waals surface area contributed by atoms with Crippen LogP contribution >= 0.6 is 0 Å². The van der Waals surface area contributed by atoms with Crippen LogP contribution in [0.3, 0.4) is 0 Å². The van der Waals surface area contributed by atoms with Crippen LogP contribution in [0.4, 0.5) is 4.79 Å². The van der Waals surface area contributed by atoms with Crippen molar-refractivity contribution in [1.82, 2.24) is 15.1 Å². The quantitative estimate of drug-likeness (QED) is 0.908. The molecule has 0 saturated carbocycles. The van der Waals surface area contributed by atoms with Gasteiger partial charge in [0.05, 0.1) is 14.2 Å². The van der Waals surface area contributed by atoms with Crippen LogP contribution in [0.15, 0.2) is 18.2 Å². The molecule has 3 rings (SSSR count). The number of hydrogen-bond donors (Lipinski definition) is 1. The highest BCUT2D eigenvalue weighted by atomic mass is 16.5. The number of nitrogens with zero attached hydrogens (tertiary/aromatic N) is 2. The molecule has 0 aliphatic carbocycles. The average Bonchev–Trinajstić information content (AvgIpc) is 2.65. The third kappa shape index (κ3) is 3.84. The summed E-state index contributed by atoms with van der Waals surface area (Å²) in [7, 11) is 5.45. The molecule has 2 saturated heterocycles. The second-order valence-electron chi connectivity index (χ2n) is 7.00. The van der Waals surface area contributed by atoms with E-state index in [2.05, 4.69) is 17.3 Å². The number of benzene rings is 1. The molecular formula is C19H29N3O3. The lowest BCUT2D eigenvalue weighted by molar-refractivity contribution is 0.0515. The lowest BCUT2D eigenvalue weighted by Gasteiger charge is -2.45. The molecule has 1 aromatic carbocycles. The topological polar surface area (TPSA) is 54.0 Å². The van der Waals surface area contributed by atoms with Gasteiger partial charge in [-0.1, -0.05) is 12.1 Å². The van der Waals surface area contributed by atoms with Crippen LogP contribution in [-0.2, 0) is 6.54 Å². The first kappa shape index (κ1) is 17.9. The molecule has 2 amide bonds. The van der Waals surface area contributed by atoms with E-state index < -0.39 is 0 Å². The number of nitrogens with one attached hydrogen (secondary N) is 1. The van der Waals surface area contributed by atoms with E-state index in [0.717, 1.165) is 25.1 Å². The van der Waals surface area contributed by atoms with Gasteiger partial charge in [-0.05, 0) is 44.8 Å². The lowest BCUT2D eigenvalue weighted by atomic mass is 9.84. The van der Waals surface area contributed by atoms with Gasteiger partial charge in [-0.3, -0.25) is 0 Å². The number of carbonyl (C=O) groups excluding carboxylic acids is 1. The minimum Gasteiger partial charge on any atom is -0.493 e. The summed E-state index contributed by atoms with van der Waals surface area (Å²) in [4.78, 5) is 17.0. The van der Waals surface area contributed by atoms with E-state index in [1.54, 1.807) is 14.2 Å². The normalized spacial score (nSPS) is 23.7. The fourth-order valence-corrected chi connectivity index (χ4v) is 4.21. The lowest BCUT2D eigenvalue weighted by Crippen LogP contribution is -2.55. The number of methoxy groups -OCH3 is 2. The number of piperidine rings is 2. The predicted octanol–water partition coefficient (Wildman–Crippen LogP) is 2.33. The van der Waals surface area contributed by atoms with Gasteiger partial charge in [0, 0.05) is 31.2 Å². The first-order valence-corrected chi connectivity index (χ1v) is 9.07. The molecule has 25 heavy (non-hydrogen) atoms. The van der Waals surface area contributed by atoms with Gasteiger partial charge in [-0.25, -0.2) is 4.79 Å². The number of urea groups is 1. The van der Waals surface area contributed by atoms with Crippen LogP contribution in [-0.4, -0.2) is 62.8 Å². The molecule has 0 bridgehead atoms. The van der Waals surface area contributed by atoms with Crippen molar-refractivity contribution in [1.29, 1.82) is 0 Å².